The van der Waals surface area contributed by atoms with Crippen molar-refractivity contribution in [2.45, 2.75) is 53.6 Å². The van der Waals surface area contributed by atoms with E-state index in [9.17, 15) is 28.8 Å². The summed E-state index contributed by atoms with van der Waals surface area (Å²) < 4.78 is 9.42. The molecule has 4 N–H and O–H groups in total. The number of carbonyl (C=O) groups excluding carboxylic acids is 6. The van der Waals surface area contributed by atoms with Crippen LogP contribution in [0.5, 0.6) is 0 Å². The summed E-state index contributed by atoms with van der Waals surface area (Å²) >= 11 is 0. The van der Waals surface area contributed by atoms with Crippen LogP contribution in [0.2, 0.25) is 0 Å². The Kier molecular flexibility index (Phi) is 13.0. The maximum absolute atomic E-state index is 11.8. The fraction of sp³-hybridized carbons (Fsp3) is 0.600. The molecule has 0 bridgehead atoms. The minimum atomic E-state index is -0.921. The van der Waals surface area contributed by atoms with Crippen LogP contribution >= 0.6 is 0 Å². The van der Waals surface area contributed by atoms with Crippen LogP contribution in [-0.2, 0) is 38.2 Å². The third-order valence-electron chi connectivity index (χ3n) is 3.83. The summed E-state index contributed by atoms with van der Waals surface area (Å²) in [7, 11) is 0. The molecule has 0 radical (unpaired) electrons. The second kappa shape index (κ2) is 14.5. The standard InChI is InChI=1S/C20H32N4O8/c1-11(2)17(27)23-13(5)19(29)21-9-31-15(25)7-8-16(26)32-10-22-20(30)14(6)24-18(28)12(3)4/h7-8,11-14H,9-10H2,1-6H3,(H,21,29)(H,22,30)(H,23,27)(H,24,28)/b8-7+/t13-,14-/m0/s1. The largest absolute Gasteiger partial charge is 0.441 e. The number of rotatable bonds is 12. The van der Waals surface area contributed by atoms with E-state index >= 15 is 0 Å². The average molecular weight is 456 g/mol. The van der Waals surface area contributed by atoms with E-state index in [-0.39, 0.29) is 23.7 Å². The molecule has 0 spiro atoms. The van der Waals surface area contributed by atoms with E-state index in [1.165, 1.54) is 13.8 Å². The second-order valence-electron chi connectivity index (χ2n) is 7.40. The molecule has 12 heteroatoms. The quantitative estimate of drug-likeness (QED) is 0.166. The maximum Gasteiger partial charge on any atom is 0.332 e. The predicted molar refractivity (Wildman–Crippen MR) is 112 cm³/mol. The van der Waals surface area contributed by atoms with E-state index in [0.29, 0.717) is 0 Å². The lowest BCUT2D eigenvalue weighted by Crippen LogP contribution is -2.46. The molecule has 0 heterocycles. The van der Waals surface area contributed by atoms with E-state index in [4.69, 9.17) is 9.47 Å². The summed E-state index contributed by atoms with van der Waals surface area (Å²) in [5, 5.41) is 9.57. The Balaban J connectivity index is 4.16. The van der Waals surface area contributed by atoms with Crippen molar-refractivity contribution >= 4 is 35.6 Å². The lowest BCUT2D eigenvalue weighted by molar-refractivity contribution is -0.143. The zero-order valence-corrected chi connectivity index (χ0v) is 19.1. The van der Waals surface area contributed by atoms with Gasteiger partial charge in [-0.2, -0.15) is 0 Å². The molecular formula is C20H32N4O8. The Morgan fingerprint density at radius 2 is 0.906 bits per heavy atom. The molecule has 0 aliphatic rings. The van der Waals surface area contributed by atoms with Gasteiger partial charge in [0.1, 0.15) is 12.1 Å². The Bertz CT molecular complexity index is 673. The Morgan fingerprint density at radius 3 is 1.19 bits per heavy atom. The highest BCUT2D eigenvalue weighted by molar-refractivity contribution is 5.92. The molecule has 4 amide bonds. The molecule has 32 heavy (non-hydrogen) atoms. The minimum absolute atomic E-state index is 0.282. The van der Waals surface area contributed by atoms with E-state index < -0.39 is 49.3 Å². The summed E-state index contributed by atoms with van der Waals surface area (Å²) in [6, 6.07) is -1.63. The monoisotopic (exact) mass is 456 g/mol. The van der Waals surface area contributed by atoms with Crippen molar-refractivity contribution in [1.29, 1.82) is 0 Å². The Morgan fingerprint density at radius 1 is 0.594 bits per heavy atom. The van der Waals surface area contributed by atoms with Gasteiger partial charge in [-0.05, 0) is 13.8 Å². The molecule has 0 aromatic heterocycles. The van der Waals surface area contributed by atoms with Crippen LogP contribution in [0.3, 0.4) is 0 Å². The molecule has 0 aliphatic carbocycles. The number of nitrogens with one attached hydrogen (secondary N) is 4. The highest BCUT2D eigenvalue weighted by Crippen LogP contribution is 1.94. The molecule has 180 valence electrons. The predicted octanol–water partition coefficient (Wildman–Crippen LogP) is -0.902. The number of hydrogen-bond donors (Lipinski definition) is 4. The molecule has 0 aromatic rings. The smallest absolute Gasteiger partial charge is 0.332 e. The van der Waals surface area contributed by atoms with Crippen LogP contribution < -0.4 is 21.3 Å². The SMILES string of the molecule is CC(C)C(=O)N[C@@H](C)C(=O)NCOC(=O)/C=C/C(=O)OCNC(=O)[C@H](C)NC(=O)C(C)C. The van der Waals surface area contributed by atoms with Gasteiger partial charge < -0.3 is 30.7 Å². The van der Waals surface area contributed by atoms with Gasteiger partial charge in [-0.3, -0.25) is 19.2 Å². The second-order valence-corrected chi connectivity index (χ2v) is 7.40. The number of esters is 2. The molecule has 12 nitrogen and oxygen atoms in total. The van der Waals surface area contributed by atoms with Gasteiger partial charge in [0.05, 0.1) is 0 Å². The lowest BCUT2D eigenvalue weighted by Gasteiger charge is -2.15. The molecule has 0 saturated carbocycles. The zero-order valence-electron chi connectivity index (χ0n) is 19.1. The summed E-state index contributed by atoms with van der Waals surface area (Å²) in [6.45, 7) is 8.75. The van der Waals surface area contributed by atoms with Crippen LogP contribution in [0.1, 0.15) is 41.5 Å². The minimum Gasteiger partial charge on any atom is -0.441 e. The number of amides is 4. The first-order valence-electron chi connectivity index (χ1n) is 10.0. The maximum atomic E-state index is 11.8. The van der Waals surface area contributed by atoms with Crippen molar-refractivity contribution < 1.29 is 38.2 Å². The van der Waals surface area contributed by atoms with Crippen LogP contribution in [-0.4, -0.2) is 61.1 Å². The third-order valence-corrected chi connectivity index (χ3v) is 3.83. The highest BCUT2D eigenvalue weighted by Gasteiger charge is 2.18. The number of ether oxygens (including phenoxy) is 2. The van der Waals surface area contributed by atoms with E-state index in [2.05, 4.69) is 21.3 Å². The van der Waals surface area contributed by atoms with Crippen molar-refractivity contribution in [3.05, 3.63) is 12.2 Å². The van der Waals surface area contributed by atoms with Crippen molar-refractivity contribution in [1.82, 2.24) is 21.3 Å². The van der Waals surface area contributed by atoms with Crippen molar-refractivity contribution in [2.24, 2.45) is 11.8 Å². The summed E-state index contributed by atoms with van der Waals surface area (Å²) in [4.78, 5) is 69.7. The average Bonchev–Trinajstić information content (AvgIpc) is 2.71. The topological polar surface area (TPSA) is 169 Å². The van der Waals surface area contributed by atoms with Gasteiger partial charge in [0.15, 0.2) is 13.5 Å². The normalized spacial score (nSPS) is 12.6. The van der Waals surface area contributed by atoms with Crippen molar-refractivity contribution in [3.8, 4) is 0 Å². The van der Waals surface area contributed by atoms with Gasteiger partial charge in [0, 0.05) is 24.0 Å². The molecule has 2 atom stereocenters. The molecule has 0 rings (SSSR count). The van der Waals surface area contributed by atoms with Gasteiger partial charge in [0.25, 0.3) is 0 Å². The van der Waals surface area contributed by atoms with Gasteiger partial charge >= 0.3 is 11.9 Å². The molecule has 0 aliphatic heterocycles. The first-order valence-corrected chi connectivity index (χ1v) is 10.0. The summed E-state index contributed by atoms with van der Waals surface area (Å²) in [5.41, 5.74) is 0. The van der Waals surface area contributed by atoms with Gasteiger partial charge in [0.2, 0.25) is 23.6 Å². The van der Waals surface area contributed by atoms with E-state index in [1.807, 2.05) is 0 Å². The lowest BCUT2D eigenvalue weighted by atomic mass is 10.2. The summed E-state index contributed by atoms with van der Waals surface area (Å²) in [5.74, 6) is -4.10. The first kappa shape index (κ1) is 28.6. The number of carbonyl (C=O) groups is 6. The fourth-order valence-electron chi connectivity index (χ4n) is 1.79. The summed E-state index contributed by atoms with van der Waals surface area (Å²) in [6.07, 6.45) is 1.57. The van der Waals surface area contributed by atoms with Gasteiger partial charge in [-0.25, -0.2) is 9.59 Å². The molecule has 0 fully saturated rings. The van der Waals surface area contributed by atoms with Gasteiger partial charge in [-0.1, -0.05) is 27.7 Å². The Labute approximate surface area is 186 Å². The van der Waals surface area contributed by atoms with Crippen molar-refractivity contribution in [3.63, 3.8) is 0 Å². The van der Waals surface area contributed by atoms with Gasteiger partial charge in [-0.15, -0.1) is 0 Å². The number of hydrogen-bond acceptors (Lipinski definition) is 8. The molecule has 0 unspecified atom stereocenters. The molecule has 0 aromatic carbocycles. The van der Waals surface area contributed by atoms with Crippen LogP contribution in [0, 0.1) is 11.8 Å². The fourth-order valence-corrected chi connectivity index (χ4v) is 1.79. The van der Waals surface area contributed by atoms with Crippen LogP contribution in [0.4, 0.5) is 0 Å². The van der Waals surface area contributed by atoms with E-state index in [0.717, 1.165) is 12.2 Å². The molecular weight excluding hydrogens is 424 g/mol. The first-order chi connectivity index (χ1) is 14.8. The molecule has 0 saturated heterocycles. The van der Waals surface area contributed by atoms with E-state index in [1.54, 1.807) is 27.7 Å². The third kappa shape index (κ3) is 12.3. The highest BCUT2D eigenvalue weighted by atomic mass is 16.5. The zero-order chi connectivity index (χ0) is 24.8. The van der Waals surface area contributed by atoms with Crippen molar-refractivity contribution in [2.75, 3.05) is 13.5 Å². The Hall–Kier alpha value is -3.44. The van der Waals surface area contributed by atoms with Crippen LogP contribution in [0.15, 0.2) is 12.2 Å². The van der Waals surface area contributed by atoms with Crippen LogP contribution in [0.25, 0.3) is 0 Å².